The highest BCUT2D eigenvalue weighted by atomic mass is 32.2. The molecule has 0 atom stereocenters. The van der Waals surface area contributed by atoms with Gasteiger partial charge in [0.15, 0.2) is 5.03 Å². The third kappa shape index (κ3) is 3.11. The number of sulfone groups is 1. The van der Waals surface area contributed by atoms with E-state index in [0.717, 1.165) is 6.07 Å². The molecule has 0 saturated heterocycles. The number of hydrogen-bond donors (Lipinski definition) is 1. The summed E-state index contributed by atoms with van der Waals surface area (Å²) in [4.78, 5) is 15.5. The van der Waals surface area contributed by atoms with Crippen molar-refractivity contribution in [1.29, 1.82) is 0 Å². The number of pyridine rings is 1. The summed E-state index contributed by atoms with van der Waals surface area (Å²) in [5, 5.41) is 9.35. The van der Waals surface area contributed by atoms with Crippen LogP contribution in [-0.4, -0.2) is 24.5 Å². The Kier molecular flexibility index (Phi) is 4.02. The molecule has 1 aromatic heterocycles. The van der Waals surface area contributed by atoms with Gasteiger partial charge >= 0.3 is 5.97 Å². The highest BCUT2D eigenvalue weighted by Gasteiger charge is 2.25. The Bertz CT molecular complexity index is 1050. The standard InChI is InChI=1S/C17H12FNO4S/c18-13-6-3-4-11(8-13)10-24(22,23)16-14(17(20)21)9-12-5-1-2-7-15(12)19-16/h1-9H,10H2,(H,20,21). The van der Waals surface area contributed by atoms with Gasteiger partial charge in [0.25, 0.3) is 0 Å². The summed E-state index contributed by atoms with van der Waals surface area (Å²) in [6, 6.07) is 13.1. The molecule has 1 N–H and O–H groups in total. The average Bonchev–Trinajstić information content (AvgIpc) is 2.53. The third-order valence-electron chi connectivity index (χ3n) is 3.46. The predicted octanol–water partition coefficient (Wildman–Crippen LogP) is 3.05. The Hall–Kier alpha value is -2.80. The lowest BCUT2D eigenvalue weighted by molar-refractivity contribution is 0.0692. The van der Waals surface area contributed by atoms with Crippen molar-refractivity contribution in [2.24, 2.45) is 0 Å². The topological polar surface area (TPSA) is 84.3 Å². The molecule has 0 amide bonds. The molecule has 0 saturated carbocycles. The van der Waals surface area contributed by atoms with E-state index in [4.69, 9.17) is 0 Å². The molecule has 3 rings (SSSR count). The van der Waals surface area contributed by atoms with E-state index in [2.05, 4.69) is 4.98 Å². The van der Waals surface area contributed by atoms with Crippen LogP contribution < -0.4 is 0 Å². The molecule has 24 heavy (non-hydrogen) atoms. The molecule has 122 valence electrons. The van der Waals surface area contributed by atoms with E-state index in [9.17, 15) is 22.7 Å². The zero-order valence-electron chi connectivity index (χ0n) is 12.3. The minimum absolute atomic E-state index is 0.223. The molecule has 0 aliphatic heterocycles. The first-order valence-corrected chi connectivity index (χ1v) is 8.62. The van der Waals surface area contributed by atoms with E-state index < -0.39 is 38.0 Å². The summed E-state index contributed by atoms with van der Waals surface area (Å²) >= 11 is 0. The lowest BCUT2D eigenvalue weighted by atomic mass is 10.1. The molecular weight excluding hydrogens is 333 g/mol. The van der Waals surface area contributed by atoms with Gasteiger partial charge in [-0.2, -0.15) is 0 Å². The number of carbonyl (C=O) groups is 1. The SMILES string of the molecule is O=C(O)c1cc2ccccc2nc1S(=O)(=O)Cc1cccc(F)c1. The van der Waals surface area contributed by atoms with Crippen LogP contribution in [0, 0.1) is 5.82 Å². The van der Waals surface area contributed by atoms with Crippen molar-refractivity contribution in [3.63, 3.8) is 0 Å². The first-order valence-electron chi connectivity index (χ1n) is 6.97. The molecule has 0 spiro atoms. The second-order valence-corrected chi connectivity index (χ2v) is 7.13. The van der Waals surface area contributed by atoms with Gasteiger partial charge in [-0.25, -0.2) is 22.6 Å². The van der Waals surface area contributed by atoms with Crippen LogP contribution in [0.1, 0.15) is 15.9 Å². The number of nitrogens with zero attached hydrogens (tertiary/aromatic N) is 1. The summed E-state index contributed by atoms with van der Waals surface area (Å²) in [6.45, 7) is 0. The Morgan fingerprint density at radius 1 is 1.08 bits per heavy atom. The lowest BCUT2D eigenvalue weighted by Crippen LogP contribution is -2.14. The average molecular weight is 345 g/mol. The van der Waals surface area contributed by atoms with E-state index >= 15 is 0 Å². The van der Waals surface area contributed by atoms with Gasteiger partial charge in [-0.15, -0.1) is 0 Å². The number of hydrogen-bond acceptors (Lipinski definition) is 4. The summed E-state index contributed by atoms with van der Waals surface area (Å²) in [7, 11) is -4.06. The second-order valence-electron chi connectivity index (χ2n) is 5.23. The third-order valence-corrected chi connectivity index (χ3v) is 5.07. The summed E-state index contributed by atoms with van der Waals surface area (Å²) < 4.78 is 38.5. The Morgan fingerprint density at radius 2 is 1.83 bits per heavy atom. The largest absolute Gasteiger partial charge is 0.478 e. The van der Waals surface area contributed by atoms with Gasteiger partial charge < -0.3 is 5.11 Å². The van der Waals surface area contributed by atoms with E-state index in [0.29, 0.717) is 10.9 Å². The highest BCUT2D eigenvalue weighted by Crippen LogP contribution is 2.23. The van der Waals surface area contributed by atoms with Crippen molar-refractivity contribution in [2.45, 2.75) is 10.8 Å². The van der Waals surface area contributed by atoms with Gasteiger partial charge in [0, 0.05) is 5.39 Å². The smallest absolute Gasteiger partial charge is 0.338 e. The molecule has 1 heterocycles. The molecule has 3 aromatic rings. The van der Waals surface area contributed by atoms with Crippen LogP contribution in [0.4, 0.5) is 4.39 Å². The fourth-order valence-electron chi connectivity index (χ4n) is 2.40. The van der Waals surface area contributed by atoms with Crippen molar-refractivity contribution in [1.82, 2.24) is 4.98 Å². The number of rotatable bonds is 4. The summed E-state index contributed by atoms with van der Waals surface area (Å²) in [6.07, 6.45) is 0. The molecule has 0 bridgehead atoms. The fourth-order valence-corrected chi connectivity index (χ4v) is 3.88. The Labute approximate surface area is 137 Å². The van der Waals surface area contributed by atoms with Crippen LogP contribution >= 0.6 is 0 Å². The molecule has 7 heteroatoms. The van der Waals surface area contributed by atoms with Gasteiger partial charge in [0.2, 0.25) is 9.84 Å². The minimum Gasteiger partial charge on any atom is -0.478 e. The van der Waals surface area contributed by atoms with Crippen LogP contribution in [0.5, 0.6) is 0 Å². The minimum atomic E-state index is -4.06. The first kappa shape index (κ1) is 16.1. The van der Waals surface area contributed by atoms with E-state index in [1.807, 2.05) is 0 Å². The summed E-state index contributed by atoms with van der Waals surface area (Å²) in [5.41, 5.74) is 0.201. The van der Waals surface area contributed by atoms with Gasteiger partial charge in [0.1, 0.15) is 5.82 Å². The highest BCUT2D eigenvalue weighted by molar-refractivity contribution is 7.90. The van der Waals surface area contributed by atoms with Crippen LogP contribution in [0.25, 0.3) is 10.9 Å². The fraction of sp³-hybridized carbons (Fsp3) is 0.0588. The van der Waals surface area contributed by atoms with E-state index in [1.165, 1.54) is 24.3 Å². The molecular formula is C17H12FNO4S. The molecule has 0 fully saturated rings. The number of para-hydroxylation sites is 1. The second kappa shape index (κ2) is 6.01. The number of carboxylic acid groups (broad SMARTS) is 1. The number of carboxylic acids is 1. The number of fused-ring (bicyclic) bond motifs is 1. The summed E-state index contributed by atoms with van der Waals surface area (Å²) in [5.74, 6) is -2.48. The Morgan fingerprint density at radius 3 is 2.54 bits per heavy atom. The Balaban J connectivity index is 2.15. The van der Waals surface area contributed by atoms with Crippen molar-refractivity contribution >= 4 is 26.7 Å². The molecule has 0 aliphatic carbocycles. The number of benzene rings is 2. The van der Waals surface area contributed by atoms with E-state index in [1.54, 1.807) is 24.3 Å². The zero-order chi connectivity index (χ0) is 17.3. The van der Waals surface area contributed by atoms with Crippen molar-refractivity contribution in [3.8, 4) is 0 Å². The molecule has 0 radical (unpaired) electrons. The van der Waals surface area contributed by atoms with Gasteiger partial charge in [0.05, 0.1) is 16.8 Å². The van der Waals surface area contributed by atoms with Crippen LogP contribution in [0.2, 0.25) is 0 Å². The zero-order valence-corrected chi connectivity index (χ0v) is 13.1. The maximum absolute atomic E-state index is 13.3. The van der Waals surface area contributed by atoms with Crippen LogP contribution in [0.3, 0.4) is 0 Å². The monoisotopic (exact) mass is 345 g/mol. The van der Waals surface area contributed by atoms with Crippen molar-refractivity contribution < 1.29 is 22.7 Å². The first-order chi connectivity index (χ1) is 11.4. The quantitative estimate of drug-likeness (QED) is 0.786. The maximum atomic E-state index is 13.3. The van der Waals surface area contributed by atoms with Crippen LogP contribution in [0.15, 0.2) is 59.6 Å². The lowest BCUT2D eigenvalue weighted by Gasteiger charge is -2.09. The van der Waals surface area contributed by atoms with E-state index in [-0.39, 0.29) is 5.56 Å². The van der Waals surface area contributed by atoms with Crippen LogP contribution in [-0.2, 0) is 15.6 Å². The number of halogens is 1. The maximum Gasteiger partial charge on any atom is 0.338 e. The number of aromatic carboxylic acids is 1. The van der Waals surface area contributed by atoms with Gasteiger partial charge in [-0.1, -0.05) is 30.3 Å². The predicted molar refractivity (Wildman–Crippen MR) is 86.0 cm³/mol. The van der Waals surface area contributed by atoms with Crippen molar-refractivity contribution in [2.75, 3.05) is 0 Å². The molecule has 0 aliphatic rings. The molecule has 5 nitrogen and oxygen atoms in total. The van der Waals surface area contributed by atoms with Gasteiger partial charge in [-0.05, 0) is 29.8 Å². The molecule has 0 unspecified atom stereocenters. The normalized spacial score (nSPS) is 11.5. The molecule has 2 aromatic carbocycles. The van der Waals surface area contributed by atoms with Gasteiger partial charge in [-0.3, -0.25) is 0 Å². The van der Waals surface area contributed by atoms with Crippen molar-refractivity contribution in [3.05, 3.63) is 71.5 Å². The number of aromatic nitrogens is 1.